The molecule has 0 spiro atoms. The molecule has 0 aromatic heterocycles. The fourth-order valence-electron chi connectivity index (χ4n) is 0.856. The van der Waals surface area contributed by atoms with Crippen LogP contribution in [0.1, 0.15) is 20.8 Å². The van der Waals surface area contributed by atoms with Crippen molar-refractivity contribution in [3.05, 3.63) is 0 Å². The highest BCUT2D eigenvalue weighted by Crippen LogP contribution is 2.28. The molecule has 0 heterocycles. The van der Waals surface area contributed by atoms with Gasteiger partial charge in [-0.05, 0) is 20.8 Å². The minimum absolute atomic E-state index is 0.619. The molecule has 3 nitrogen and oxygen atoms in total. The number of hydrogen-bond acceptors (Lipinski definition) is 3. The van der Waals surface area contributed by atoms with E-state index in [1.807, 2.05) is 0 Å². The number of esters is 1. The molecule has 0 aromatic rings. The molecule has 0 aliphatic carbocycles. The molecule has 0 fully saturated rings. The molecule has 0 aliphatic rings. The van der Waals surface area contributed by atoms with Crippen LogP contribution >= 0.6 is 0 Å². The summed E-state index contributed by atoms with van der Waals surface area (Å²) in [6.45, 7) is 3.83. The van der Waals surface area contributed by atoms with Crippen molar-refractivity contribution < 1.29 is 22.7 Å². The van der Waals surface area contributed by atoms with E-state index < -0.39 is 29.9 Å². The van der Waals surface area contributed by atoms with E-state index >= 15 is 0 Å². The number of hydrogen-bond donors (Lipinski definition) is 1. The lowest BCUT2D eigenvalue weighted by molar-refractivity contribution is -0.187. The van der Waals surface area contributed by atoms with E-state index in [1.54, 1.807) is 0 Å². The number of halogens is 3. The molecular weight excluding hydrogens is 199 g/mol. The summed E-state index contributed by atoms with van der Waals surface area (Å²) in [7, 11) is 0. The lowest BCUT2D eigenvalue weighted by Crippen LogP contribution is -2.38. The number of nitrogens with one attached hydrogen (secondary N) is 1. The van der Waals surface area contributed by atoms with E-state index in [0.717, 1.165) is 6.92 Å². The number of rotatable bonds is 3. The summed E-state index contributed by atoms with van der Waals surface area (Å²) in [5.41, 5.74) is -0.761. The van der Waals surface area contributed by atoms with Crippen LogP contribution < -0.4 is 0 Å². The third kappa shape index (κ3) is 3.76. The van der Waals surface area contributed by atoms with E-state index in [1.165, 1.54) is 13.8 Å². The first kappa shape index (κ1) is 12.9. The molecular formula is C8H12F3NO2. The molecule has 0 saturated carbocycles. The van der Waals surface area contributed by atoms with Crippen molar-refractivity contribution in [3.63, 3.8) is 0 Å². The van der Waals surface area contributed by atoms with E-state index in [-0.39, 0.29) is 0 Å². The van der Waals surface area contributed by atoms with Gasteiger partial charge in [-0.3, -0.25) is 4.79 Å². The largest absolute Gasteiger partial charge is 0.462 e. The van der Waals surface area contributed by atoms with Gasteiger partial charge in [0.15, 0.2) is 5.92 Å². The van der Waals surface area contributed by atoms with E-state index in [0.29, 0.717) is 0 Å². The maximum Gasteiger partial charge on any atom is 0.407 e. The summed E-state index contributed by atoms with van der Waals surface area (Å²) in [6, 6.07) is 0. The van der Waals surface area contributed by atoms with E-state index in [9.17, 15) is 18.0 Å². The predicted octanol–water partition coefficient (Wildman–Crippen LogP) is 2.16. The Morgan fingerprint density at radius 1 is 1.36 bits per heavy atom. The second kappa shape index (κ2) is 4.43. The molecule has 0 amide bonds. The number of carbonyl (C=O) groups excluding carboxylic acids is 1. The van der Waals surface area contributed by atoms with Gasteiger partial charge >= 0.3 is 12.1 Å². The molecule has 0 aromatic carbocycles. The molecule has 0 rings (SSSR count). The van der Waals surface area contributed by atoms with Gasteiger partial charge in [-0.1, -0.05) is 0 Å². The Hall–Kier alpha value is -1.07. The zero-order chi connectivity index (χ0) is 11.5. The van der Waals surface area contributed by atoms with Crippen molar-refractivity contribution in [2.24, 2.45) is 5.92 Å². The molecule has 1 N–H and O–H groups in total. The second-order valence-corrected chi connectivity index (χ2v) is 3.14. The van der Waals surface area contributed by atoms with Crippen LogP contribution in [-0.4, -0.2) is 24.0 Å². The van der Waals surface area contributed by atoms with Crippen LogP contribution in [0.5, 0.6) is 0 Å². The van der Waals surface area contributed by atoms with Crippen LogP contribution in [-0.2, 0) is 9.53 Å². The van der Waals surface area contributed by atoms with Crippen molar-refractivity contribution >= 4 is 11.7 Å². The first-order valence-electron chi connectivity index (χ1n) is 3.98. The summed E-state index contributed by atoms with van der Waals surface area (Å²) in [4.78, 5) is 11.0. The molecule has 14 heavy (non-hydrogen) atoms. The van der Waals surface area contributed by atoms with Crippen LogP contribution in [0, 0.1) is 11.3 Å². The topological polar surface area (TPSA) is 50.2 Å². The molecule has 82 valence electrons. The summed E-state index contributed by atoms with van der Waals surface area (Å²) in [5.74, 6) is -3.86. The molecule has 0 saturated heterocycles. The molecule has 1 atom stereocenters. The maximum atomic E-state index is 12.2. The van der Waals surface area contributed by atoms with Crippen LogP contribution in [0.3, 0.4) is 0 Å². The normalized spacial score (nSPS) is 13.9. The van der Waals surface area contributed by atoms with Gasteiger partial charge in [0.05, 0.1) is 6.10 Å². The average molecular weight is 211 g/mol. The van der Waals surface area contributed by atoms with Gasteiger partial charge in [0.2, 0.25) is 0 Å². The predicted molar refractivity (Wildman–Crippen MR) is 44.2 cm³/mol. The lowest BCUT2D eigenvalue weighted by atomic mass is 10.0. The molecule has 0 aliphatic heterocycles. The van der Waals surface area contributed by atoms with Crippen molar-refractivity contribution in [2.75, 3.05) is 0 Å². The Balaban J connectivity index is 4.68. The van der Waals surface area contributed by atoms with Gasteiger partial charge in [-0.2, -0.15) is 13.2 Å². The van der Waals surface area contributed by atoms with Gasteiger partial charge in [-0.15, -0.1) is 0 Å². The Bertz CT molecular complexity index is 235. The summed E-state index contributed by atoms with van der Waals surface area (Å²) >= 11 is 0. The molecule has 0 bridgehead atoms. The molecule has 1 unspecified atom stereocenters. The van der Waals surface area contributed by atoms with Gasteiger partial charge in [0.1, 0.15) is 0 Å². The Kier molecular flexibility index (Phi) is 4.09. The maximum absolute atomic E-state index is 12.2. The number of alkyl halides is 3. The zero-order valence-electron chi connectivity index (χ0n) is 8.11. The third-order valence-corrected chi connectivity index (χ3v) is 1.35. The quantitative estimate of drug-likeness (QED) is 0.574. The monoisotopic (exact) mass is 211 g/mol. The standard InChI is InChI=1S/C8H12F3NO2/c1-4(2)14-7(13)6(5(3)12)8(9,10)11/h4,6,12H,1-3H3. The fraction of sp³-hybridized carbons (Fsp3) is 0.750. The van der Waals surface area contributed by atoms with Crippen LogP contribution in [0.4, 0.5) is 13.2 Å². The number of carbonyl (C=O) groups is 1. The van der Waals surface area contributed by atoms with Crippen LogP contribution in [0.15, 0.2) is 0 Å². The van der Waals surface area contributed by atoms with Gasteiger partial charge in [0, 0.05) is 5.71 Å². The smallest absolute Gasteiger partial charge is 0.407 e. The summed E-state index contributed by atoms with van der Waals surface area (Å²) in [5, 5.41) is 6.86. The van der Waals surface area contributed by atoms with Crippen LogP contribution in [0.2, 0.25) is 0 Å². The molecule has 6 heteroatoms. The Morgan fingerprint density at radius 2 is 1.79 bits per heavy atom. The van der Waals surface area contributed by atoms with Gasteiger partial charge in [-0.25, -0.2) is 0 Å². The van der Waals surface area contributed by atoms with Crippen molar-refractivity contribution in [2.45, 2.75) is 33.1 Å². The number of ether oxygens (including phenoxy) is 1. The highest BCUT2D eigenvalue weighted by atomic mass is 19.4. The second-order valence-electron chi connectivity index (χ2n) is 3.14. The highest BCUT2D eigenvalue weighted by molar-refractivity contribution is 6.00. The first-order valence-corrected chi connectivity index (χ1v) is 3.98. The van der Waals surface area contributed by atoms with E-state index in [4.69, 9.17) is 5.41 Å². The van der Waals surface area contributed by atoms with Gasteiger partial charge in [0.25, 0.3) is 0 Å². The van der Waals surface area contributed by atoms with Crippen LogP contribution in [0.25, 0.3) is 0 Å². The first-order chi connectivity index (χ1) is 6.16. The van der Waals surface area contributed by atoms with Crippen molar-refractivity contribution in [1.82, 2.24) is 0 Å². The Labute approximate surface area is 79.8 Å². The van der Waals surface area contributed by atoms with E-state index in [2.05, 4.69) is 4.74 Å². The summed E-state index contributed by atoms with van der Waals surface area (Å²) < 4.78 is 41.1. The summed E-state index contributed by atoms with van der Waals surface area (Å²) in [6.07, 6.45) is -5.37. The minimum Gasteiger partial charge on any atom is -0.462 e. The minimum atomic E-state index is -4.75. The highest BCUT2D eigenvalue weighted by Gasteiger charge is 2.47. The zero-order valence-corrected chi connectivity index (χ0v) is 8.11. The average Bonchev–Trinajstić information content (AvgIpc) is 1.78. The SMILES string of the molecule is CC(=N)C(C(=O)OC(C)C)C(F)(F)F. The fourth-order valence-corrected chi connectivity index (χ4v) is 0.856. The van der Waals surface area contributed by atoms with Crippen molar-refractivity contribution in [3.8, 4) is 0 Å². The molecule has 0 radical (unpaired) electrons. The van der Waals surface area contributed by atoms with Gasteiger partial charge < -0.3 is 10.1 Å². The Morgan fingerprint density at radius 3 is 2.00 bits per heavy atom. The lowest BCUT2D eigenvalue weighted by Gasteiger charge is -2.19. The van der Waals surface area contributed by atoms with Crippen molar-refractivity contribution in [1.29, 1.82) is 5.41 Å². The third-order valence-electron chi connectivity index (χ3n) is 1.35.